The van der Waals surface area contributed by atoms with Crippen LogP contribution in [0.1, 0.15) is 55.2 Å². The van der Waals surface area contributed by atoms with Gasteiger partial charge >= 0.3 is 0 Å². The molecular weight excluding hydrogens is 218 g/mol. The minimum absolute atomic E-state index is 0.102. The lowest BCUT2D eigenvalue weighted by atomic mass is 9.76. The van der Waals surface area contributed by atoms with Gasteiger partial charge in [0.1, 0.15) is 0 Å². The second-order valence-corrected chi connectivity index (χ2v) is 5.91. The van der Waals surface area contributed by atoms with E-state index in [1.165, 1.54) is 42.4 Å². The van der Waals surface area contributed by atoms with E-state index in [4.69, 9.17) is 0 Å². The first-order chi connectivity index (χ1) is 8.65. The van der Waals surface area contributed by atoms with E-state index < -0.39 is 0 Å². The van der Waals surface area contributed by atoms with Crippen molar-refractivity contribution in [3.63, 3.8) is 0 Å². The Bertz CT molecular complexity index is 445. The van der Waals surface area contributed by atoms with E-state index in [-0.39, 0.29) is 5.41 Å². The number of hydrogen-bond donors (Lipinski definition) is 0. The van der Waals surface area contributed by atoms with Crippen LogP contribution in [-0.2, 0) is 6.42 Å². The van der Waals surface area contributed by atoms with E-state index >= 15 is 0 Å². The van der Waals surface area contributed by atoms with Crippen molar-refractivity contribution in [3.8, 4) is 6.07 Å². The van der Waals surface area contributed by atoms with Crippen LogP contribution in [-0.4, -0.2) is 0 Å². The smallest absolute Gasteiger partial charge is 0.0693 e. The maximum atomic E-state index is 9.64. The van der Waals surface area contributed by atoms with Crippen LogP contribution >= 0.6 is 0 Å². The molecule has 1 aromatic rings. The fourth-order valence-electron chi connectivity index (χ4n) is 3.09. The molecule has 1 aliphatic carbocycles. The molecule has 1 fully saturated rings. The van der Waals surface area contributed by atoms with Crippen molar-refractivity contribution in [2.45, 2.75) is 58.8 Å². The van der Waals surface area contributed by atoms with Gasteiger partial charge in [0.25, 0.3) is 0 Å². The van der Waals surface area contributed by atoms with Crippen molar-refractivity contribution in [1.29, 1.82) is 5.26 Å². The van der Waals surface area contributed by atoms with Gasteiger partial charge in [-0.2, -0.15) is 5.26 Å². The van der Waals surface area contributed by atoms with E-state index in [1.54, 1.807) is 0 Å². The zero-order valence-electron chi connectivity index (χ0n) is 11.6. The van der Waals surface area contributed by atoms with Crippen LogP contribution in [0.25, 0.3) is 0 Å². The zero-order chi connectivity index (χ0) is 13.0. The van der Waals surface area contributed by atoms with Crippen LogP contribution in [0.4, 0.5) is 0 Å². The minimum Gasteiger partial charge on any atom is -0.198 e. The Morgan fingerprint density at radius 1 is 1.11 bits per heavy atom. The molecule has 0 aliphatic heterocycles. The Morgan fingerprint density at radius 2 is 1.78 bits per heavy atom. The third-order valence-electron chi connectivity index (χ3n) is 4.33. The SMILES string of the molecule is Cc1ccc(C)c(CC2(C#N)CCCCCC2)c1. The largest absolute Gasteiger partial charge is 0.198 e. The van der Waals surface area contributed by atoms with E-state index in [1.807, 2.05) is 0 Å². The summed E-state index contributed by atoms with van der Waals surface area (Å²) in [4.78, 5) is 0. The fraction of sp³-hybridized carbons (Fsp3) is 0.588. The lowest BCUT2D eigenvalue weighted by Gasteiger charge is -2.26. The fourth-order valence-corrected chi connectivity index (χ4v) is 3.09. The van der Waals surface area contributed by atoms with Gasteiger partial charge in [0.15, 0.2) is 0 Å². The molecule has 0 heterocycles. The molecule has 1 aliphatic rings. The predicted molar refractivity (Wildman–Crippen MR) is 75.4 cm³/mol. The molecule has 0 N–H and O–H groups in total. The van der Waals surface area contributed by atoms with Crippen molar-refractivity contribution in [2.24, 2.45) is 5.41 Å². The number of aryl methyl sites for hydroxylation is 2. The summed E-state index contributed by atoms with van der Waals surface area (Å²) >= 11 is 0. The molecule has 1 aromatic carbocycles. The summed E-state index contributed by atoms with van der Waals surface area (Å²) in [6, 6.07) is 9.26. The Balaban J connectivity index is 2.24. The van der Waals surface area contributed by atoms with Gasteiger partial charge < -0.3 is 0 Å². The summed E-state index contributed by atoms with van der Waals surface area (Å²) in [5.74, 6) is 0. The summed E-state index contributed by atoms with van der Waals surface area (Å²) in [6.07, 6.45) is 8.15. The second-order valence-electron chi connectivity index (χ2n) is 5.91. The average molecular weight is 241 g/mol. The van der Waals surface area contributed by atoms with Gasteiger partial charge in [-0.1, -0.05) is 49.4 Å². The van der Waals surface area contributed by atoms with Crippen LogP contribution in [0.15, 0.2) is 18.2 Å². The van der Waals surface area contributed by atoms with Crippen LogP contribution in [0, 0.1) is 30.6 Å². The van der Waals surface area contributed by atoms with Gasteiger partial charge in [-0.3, -0.25) is 0 Å². The maximum absolute atomic E-state index is 9.64. The van der Waals surface area contributed by atoms with Crippen molar-refractivity contribution in [2.75, 3.05) is 0 Å². The number of rotatable bonds is 2. The van der Waals surface area contributed by atoms with Crippen LogP contribution in [0.2, 0.25) is 0 Å². The maximum Gasteiger partial charge on any atom is 0.0693 e. The number of nitriles is 1. The Labute approximate surface area is 111 Å². The highest BCUT2D eigenvalue weighted by Gasteiger charge is 2.31. The van der Waals surface area contributed by atoms with Gasteiger partial charge in [0, 0.05) is 0 Å². The molecule has 0 saturated heterocycles. The van der Waals surface area contributed by atoms with E-state index in [0.29, 0.717) is 0 Å². The first kappa shape index (κ1) is 13.1. The first-order valence-corrected chi connectivity index (χ1v) is 7.13. The number of nitrogens with zero attached hydrogens (tertiary/aromatic N) is 1. The molecule has 0 atom stereocenters. The van der Waals surface area contributed by atoms with Crippen LogP contribution in [0.3, 0.4) is 0 Å². The first-order valence-electron chi connectivity index (χ1n) is 7.13. The Kier molecular flexibility index (Phi) is 4.07. The van der Waals surface area contributed by atoms with Gasteiger partial charge in [-0.05, 0) is 44.2 Å². The summed E-state index contributed by atoms with van der Waals surface area (Å²) in [5.41, 5.74) is 3.91. The lowest BCUT2D eigenvalue weighted by Crippen LogP contribution is -2.21. The molecule has 0 bridgehead atoms. The lowest BCUT2D eigenvalue weighted by molar-refractivity contribution is 0.338. The molecule has 0 aromatic heterocycles. The summed E-state index contributed by atoms with van der Waals surface area (Å²) < 4.78 is 0. The highest BCUT2D eigenvalue weighted by molar-refractivity contribution is 5.32. The Morgan fingerprint density at radius 3 is 2.39 bits per heavy atom. The van der Waals surface area contributed by atoms with Crippen LogP contribution in [0.5, 0.6) is 0 Å². The predicted octanol–water partition coefficient (Wildman–Crippen LogP) is 4.71. The topological polar surface area (TPSA) is 23.8 Å². The molecular formula is C17H23N. The molecule has 1 heteroatoms. The van der Waals surface area contributed by atoms with Gasteiger partial charge in [-0.25, -0.2) is 0 Å². The third-order valence-corrected chi connectivity index (χ3v) is 4.33. The molecule has 0 amide bonds. The van der Waals surface area contributed by atoms with E-state index in [9.17, 15) is 5.26 Å². The molecule has 96 valence electrons. The molecule has 18 heavy (non-hydrogen) atoms. The normalized spacial score (nSPS) is 18.9. The minimum atomic E-state index is -0.102. The zero-order valence-corrected chi connectivity index (χ0v) is 11.6. The van der Waals surface area contributed by atoms with Crippen molar-refractivity contribution in [1.82, 2.24) is 0 Å². The summed E-state index contributed by atoms with van der Waals surface area (Å²) in [6.45, 7) is 4.30. The molecule has 0 unspecified atom stereocenters. The van der Waals surface area contributed by atoms with Gasteiger partial charge in [-0.15, -0.1) is 0 Å². The number of benzene rings is 1. The van der Waals surface area contributed by atoms with Gasteiger partial charge in [0.05, 0.1) is 11.5 Å². The molecule has 1 nitrogen and oxygen atoms in total. The summed E-state index contributed by atoms with van der Waals surface area (Å²) in [5, 5.41) is 9.64. The second kappa shape index (κ2) is 5.57. The van der Waals surface area contributed by atoms with E-state index in [0.717, 1.165) is 19.3 Å². The molecule has 0 spiro atoms. The Hall–Kier alpha value is -1.29. The standard InChI is InChI=1S/C17H23N/c1-14-7-8-15(2)16(11-14)12-17(13-18)9-5-3-4-6-10-17/h7-8,11H,3-6,9-10,12H2,1-2H3. The van der Waals surface area contributed by atoms with Crippen molar-refractivity contribution in [3.05, 3.63) is 34.9 Å². The molecule has 1 saturated carbocycles. The van der Waals surface area contributed by atoms with E-state index in [2.05, 4.69) is 38.1 Å². The third kappa shape index (κ3) is 2.93. The van der Waals surface area contributed by atoms with Crippen molar-refractivity contribution >= 4 is 0 Å². The highest BCUT2D eigenvalue weighted by Crippen LogP contribution is 2.38. The molecule has 0 radical (unpaired) electrons. The summed E-state index contributed by atoms with van der Waals surface area (Å²) in [7, 11) is 0. The highest BCUT2D eigenvalue weighted by atomic mass is 14.4. The van der Waals surface area contributed by atoms with Gasteiger partial charge in [0.2, 0.25) is 0 Å². The number of hydrogen-bond acceptors (Lipinski definition) is 1. The van der Waals surface area contributed by atoms with Crippen LogP contribution < -0.4 is 0 Å². The quantitative estimate of drug-likeness (QED) is 0.688. The van der Waals surface area contributed by atoms with Crippen molar-refractivity contribution < 1.29 is 0 Å². The molecule has 2 rings (SSSR count). The monoisotopic (exact) mass is 241 g/mol. The average Bonchev–Trinajstić information content (AvgIpc) is 2.60.